The van der Waals surface area contributed by atoms with Crippen LogP contribution >= 0.6 is 0 Å². The van der Waals surface area contributed by atoms with E-state index in [-0.39, 0.29) is 6.42 Å². The second-order valence-corrected chi connectivity index (χ2v) is 3.68. The Labute approximate surface area is 102 Å². The molecule has 0 bridgehead atoms. The highest BCUT2D eigenvalue weighted by molar-refractivity contribution is 5.66. The van der Waals surface area contributed by atoms with Crippen molar-refractivity contribution in [2.45, 2.75) is 19.8 Å². The first-order valence-corrected chi connectivity index (χ1v) is 5.65. The maximum atomic E-state index is 10.5. The molecule has 0 spiro atoms. The molecule has 0 amide bonds. The Morgan fingerprint density at radius 3 is 2.65 bits per heavy atom. The third-order valence-corrected chi connectivity index (χ3v) is 2.39. The van der Waals surface area contributed by atoms with Gasteiger partial charge in [0.25, 0.3) is 0 Å². The highest BCUT2D eigenvalue weighted by atomic mass is 16.4. The predicted octanol–water partition coefficient (Wildman–Crippen LogP) is 2.38. The summed E-state index contributed by atoms with van der Waals surface area (Å²) in [6, 6.07) is 9.93. The van der Waals surface area contributed by atoms with Crippen LogP contribution in [0.1, 0.15) is 19.8 Å². The van der Waals surface area contributed by atoms with Gasteiger partial charge in [-0.3, -0.25) is 4.79 Å². The fraction of sp³-hybridized carbons (Fsp3) is 0.357. The van der Waals surface area contributed by atoms with Crippen LogP contribution in [0.3, 0.4) is 0 Å². The number of rotatable bonds is 6. The average Bonchev–Trinajstić information content (AvgIpc) is 2.34. The van der Waals surface area contributed by atoms with Gasteiger partial charge in [0, 0.05) is 18.7 Å². The number of aliphatic carboxylic acids is 1. The predicted molar refractivity (Wildman–Crippen MR) is 69.0 cm³/mol. The smallest absolute Gasteiger partial charge is 0.303 e. The summed E-state index contributed by atoms with van der Waals surface area (Å²) >= 11 is 0. The first kappa shape index (κ1) is 13.1. The topological polar surface area (TPSA) is 40.5 Å². The molecule has 0 aliphatic carbocycles. The van der Waals surface area contributed by atoms with Crippen LogP contribution in [0.2, 0.25) is 0 Å². The lowest BCUT2D eigenvalue weighted by atomic mass is 10.2. The van der Waals surface area contributed by atoms with Gasteiger partial charge in [-0.2, -0.15) is 0 Å². The molecule has 0 aliphatic heterocycles. The van der Waals surface area contributed by atoms with Crippen molar-refractivity contribution in [3.63, 3.8) is 0 Å². The van der Waals surface area contributed by atoms with E-state index < -0.39 is 5.97 Å². The zero-order chi connectivity index (χ0) is 12.5. The van der Waals surface area contributed by atoms with E-state index in [1.807, 2.05) is 30.3 Å². The maximum absolute atomic E-state index is 10.5. The Morgan fingerprint density at radius 1 is 1.35 bits per heavy atom. The van der Waals surface area contributed by atoms with Crippen LogP contribution < -0.4 is 4.90 Å². The summed E-state index contributed by atoms with van der Waals surface area (Å²) in [4.78, 5) is 12.6. The lowest BCUT2D eigenvalue weighted by Gasteiger charge is -2.22. The van der Waals surface area contributed by atoms with E-state index in [0.717, 1.165) is 5.69 Å². The van der Waals surface area contributed by atoms with Gasteiger partial charge in [-0.15, -0.1) is 5.92 Å². The van der Waals surface area contributed by atoms with Crippen LogP contribution in [-0.4, -0.2) is 24.2 Å². The lowest BCUT2D eigenvalue weighted by Crippen LogP contribution is -2.25. The van der Waals surface area contributed by atoms with E-state index in [4.69, 9.17) is 5.11 Å². The summed E-state index contributed by atoms with van der Waals surface area (Å²) in [7, 11) is 0. The molecular weight excluding hydrogens is 214 g/mol. The zero-order valence-electron chi connectivity index (χ0n) is 10.0. The van der Waals surface area contributed by atoms with Crippen molar-refractivity contribution in [1.29, 1.82) is 0 Å². The first-order chi connectivity index (χ1) is 8.24. The number of anilines is 1. The van der Waals surface area contributed by atoms with Crippen molar-refractivity contribution in [1.82, 2.24) is 0 Å². The van der Waals surface area contributed by atoms with Crippen LogP contribution in [0, 0.1) is 11.8 Å². The van der Waals surface area contributed by atoms with E-state index >= 15 is 0 Å². The number of carbonyl (C=O) groups is 1. The van der Waals surface area contributed by atoms with Gasteiger partial charge in [0.15, 0.2) is 0 Å². The van der Waals surface area contributed by atoms with Gasteiger partial charge in [-0.25, -0.2) is 0 Å². The average molecular weight is 231 g/mol. The van der Waals surface area contributed by atoms with Crippen molar-refractivity contribution >= 4 is 11.7 Å². The molecule has 0 saturated carbocycles. The molecule has 17 heavy (non-hydrogen) atoms. The molecule has 1 aromatic carbocycles. The van der Waals surface area contributed by atoms with Crippen LogP contribution in [0.25, 0.3) is 0 Å². The number of benzene rings is 1. The summed E-state index contributed by atoms with van der Waals surface area (Å²) in [6.07, 6.45) is 0.832. The molecule has 0 aromatic heterocycles. The third kappa shape index (κ3) is 5.07. The number of para-hydroxylation sites is 1. The summed E-state index contributed by atoms with van der Waals surface area (Å²) in [5.74, 6) is 5.12. The van der Waals surface area contributed by atoms with Crippen LogP contribution in [-0.2, 0) is 4.79 Å². The largest absolute Gasteiger partial charge is 0.481 e. The van der Waals surface area contributed by atoms with Crippen molar-refractivity contribution in [3.05, 3.63) is 30.3 Å². The second-order valence-electron chi connectivity index (χ2n) is 3.68. The SMILES string of the molecule is CC#CCN(CCCC(=O)O)c1ccccc1. The molecular formula is C14H17NO2. The van der Waals surface area contributed by atoms with E-state index in [2.05, 4.69) is 16.7 Å². The fourth-order valence-corrected chi connectivity index (χ4v) is 1.53. The maximum Gasteiger partial charge on any atom is 0.303 e. The summed E-state index contributed by atoms with van der Waals surface area (Å²) < 4.78 is 0. The molecule has 0 fully saturated rings. The van der Waals surface area contributed by atoms with Gasteiger partial charge in [0.05, 0.1) is 6.54 Å². The van der Waals surface area contributed by atoms with Crippen LogP contribution in [0.5, 0.6) is 0 Å². The van der Waals surface area contributed by atoms with Crippen LogP contribution in [0.4, 0.5) is 5.69 Å². The number of nitrogens with zero attached hydrogens (tertiary/aromatic N) is 1. The Morgan fingerprint density at radius 2 is 2.06 bits per heavy atom. The normalized spacial score (nSPS) is 9.24. The molecule has 1 aromatic rings. The zero-order valence-corrected chi connectivity index (χ0v) is 10.0. The Bertz CT molecular complexity index is 403. The number of carboxylic acids is 1. The number of hydrogen-bond acceptors (Lipinski definition) is 2. The Kier molecular flexibility index (Phi) is 5.67. The van der Waals surface area contributed by atoms with Gasteiger partial charge in [0.1, 0.15) is 0 Å². The summed E-state index contributed by atoms with van der Waals surface area (Å²) in [6.45, 7) is 3.16. The van der Waals surface area contributed by atoms with E-state index in [1.165, 1.54) is 0 Å². The molecule has 0 radical (unpaired) electrons. The van der Waals surface area contributed by atoms with Crippen molar-refractivity contribution < 1.29 is 9.90 Å². The third-order valence-electron chi connectivity index (χ3n) is 2.39. The Hall–Kier alpha value is -1.95. The molecule has 0 aliphatic rings. The monoisotopic (exact) mass is 231 g/mol. The molecule has 1 N–H and O–H groups in total. The summed E-state index contributed by atoms with van der Waals surface area (Å²) in [5.41, 5.74) is 1.08. The molecule has 1 rings (SSSR count). The molecule has 0 atom stereocenters. The molecule has 90 valence electrons. The molecule has 3 nitrogen and oxygen atoms in total. The van der Waals surface area contributed by atoms with E-state index in [0.29, 0.717) is 19.5 Å². The highest BCUT2D eigenvalue weighted by Crippen LogP contribution is 2.13. The van der Waals surface area contributed by atoms with Crippen molar-refractivity contribution in [2.24, 2.45) is 0 Å². The minimum atomic E-state index is -0.750. The van der Waals surface area contributed by atoms with Gasteiger partial charge in [-0.05, 0) is 25.5 Å². The lowest BCUT2D eigenvalue weighted by molar-refractivity contribution is -0.137. The van der Waals surface area contributed by atoms with Crippen LogP contribution in [0.15, 0.2) is 30.3 Å². The van der Waals surface area contributed by atoms with Gasteiger partial charge >= 0.3 is 5.97 Å². The molecule has 0 heterocycles. The molecule has 3 heteroatoms. The number of hydrogen-bond donors (Lipinski definition) is 1. The minimum Gasteiger partial charge on any atom is -0.481 e. The van der Waals surface area contributed by atoms with E-state index in [1.54, 1.807) is 6.92 Å². The first-order valence-electron chi connectivity index (χ1n) is 5.65. The summed E-state index contributed by atoms with van der Waals surface area (Å²) in [5, 5.41) is 8.63. The fourth-order valence-electron chi connectivity index (χ4n) is 1.53. The van der Waals surface area contributed by atoms with Gasteiger partial charge in [0.2, 0.25) is 0 Å². The second kappa shape index (κ2) is 7.34. The minimum absolute atomic E-state index is 0.197. The van der Waals surface area contributed by atoms with Gasteiger partial charge < -0.3 is 10.0 Å². The van der Waals surface area contributed by atoms with Crippen molar-refractivity contribution in [3.8, 4) is 11.8 Å². The molecule has 0 saturated heterocycles. The quantitative estimate of drug-likeness (QED) is 0.764. The van der Waals surface area contributed by atoms with E-state index in [9.17, 15) is 4.79 Å². The highest BCUT2D eigenvalue weighted by Gasteiger charge is 2.05. The Balaban J connectivity index is 2.60. The standard InChI is InChI=1S/C14H17NO2/c1-2-3-11-15(12-7-10-14(16)17)13-8-5-4-6-9-13/h4-6,8-9H,7,10-12H2,1H3,(H,16,17). The van der Waals surface area contributed by atoms with Gasteiger partial charge in [-0.1, -0.05) is 24.1 Å². The van der Waals surface area contributed by atoms with Crippen molar-refractivity contribution in [2.75, 3.05) is 18.0 Å². The molecule has 0 unspecified atom stereocenters. The number of carboxylic acid groups (broad SMARTS) is 1.